The summed E-state index contributed by atoms with van der Waals surface area (Å²) in [7, 11) is 0. The van der Waals surface area contributed by atoms with Gasteiger partial charge in [0.1, 0.15) is 0 Å². The van der Waals surface area contributed by atoms with Crippen LogP contribution in [0.15, 0.2) is 41.8 Å². The SMILES string of the molecule is O=C(O)C1CN(C(=O)CCc2cc(Cl)cs2)CC1c1ccccc1. The molecule has 0 spiro atoms. The second-order valence-corrected chi connectivity index (χ2v) is 7.42. The number of thiophene rings is 1. The lowest BCUT2D eigenvalue weighted by Crippen LogP contribution is -2.30. The number of benzene rings is 1. The van der Waals surface area contributed by atoms with E-state index in [1.165, 1.54) is 0 Å². The fourth-order valence-electron chi connectivity index (χ4n) is 3.17. The highest BCUT2D eigenvalue weighted by Crippen LogP contribution is 2.33. The van der Waals surface area contributed by atoms with Gasteiger partial charge in [-0.2, -0.15) is 0 Å². The number of carboxylic acid groups (broad SMARTS) is 1. The average Bonchev–Trinajstić information content (AvgIpc) is 3.20. The Morgan fingerprint density at radius 1 is 1.25 bits per heavy atom. The third-order valence-corrected chi connectivity index (χ3v) is 5.77. The number of hydrogen-bond donors (Lipinski definition) is 1. The molecule has 4 nitrogen and oxygen atoms in total. The van der Waals surface area contributed by atoms with Gasteiger partial charge in [-0.05, 0) is 18.1 Å². The zero-order valence-corrected chi connectivity index (χ0v) is 14.6. The highest BCUT2D eigenvalue weighted by Gasteiger charge is 2.40. The molecule has 0 radical (unpaired) electrons. The Morgan fingerprint density at radius 2 is 2.00 bits per heavy atom. The summed E-state index contributed by atoms with van der Waals surface area (Å²) in [4.78, 5) is 26.8. The minimum absolute atomic E-state index is 0.00389. The number of aryl methyl sites for hydroxylation is 1. The molecule has 1 aromatic heterocycles. The van der Waals surface area contributed by atoms with Gasteiger partial charge in [0, 0.05) is 35.7 Å². The summed E-state index contributed by atoms with van der Waals surface area (Å²) in [5, 5.41) is 12.0. The van der Waals surface area contributed by atoms with Crippen LogP contribution in [0.25, 0.3) is 0 Å². The maximum absolute atomic E-state index is 12.5. The number of carbonyl (C=O) groups excluding carboxylic acids is 1. The van der Waals surface area contributed by atoms with Crippen molar-refractivity contribution in [2.24, 2.45) is 5.92 Å². The average molecular weight is 364 g/mol. The molecule has 2 atom stereocenters. The van der Waals surface area contributed by atoms with Crippen molar-refractivity contribution < 1.29 is 14.7 Å². The Morgan fingerprint density at radius 3 is 2.62 bits per heavy atom. The van der Waals surface area contributed by atoms with E-state index < -0.39 is 11.9 Å². The fraction of sp³-hybridized carbons (Fsp3) is 0.333. The lowest BCUT2D eigenvalue weighted by atomic mass is 9.89. The first-order valence-corrected chi connectivity index (χ1v) is 9.09. The largest absolute Gasteiger partial charge is 0.481 e. The Labute approximate surface area is 149 Å². The van der Waals surface area contributed by atoms with Crippen LogP contribution in [0, 0.1) is 5.92 Å². The van der Waals surface area contributed by atoms with E-state index in [1.807, 2.05) is 41.8 Å². The number of amides is 1. The quantitative estimate of drug-likeness (QED) is 0.881. The third kappa shape index (κ3) is 3.79. The Hall–Kier alpha value is -1.85. The van der Waals surface area contributed by atoms with Gasteiger partial charge in [0.05, 0.1) is 10.9 Å². The van der Waals surface area contributed by atoms with E-state index in [2.05, 4.69) is 0 Å². The summed E-state index contributed by atoms with van der Waals surface area (Å²) >= 11 is 7.43. The predicted molar refractivity (Wildman–Crippen MR) is 94.5 cm³/mol. The number of hydrogen-bond acceptors (Lipinski definition) is 3. The molecule has 1 amide bonds. The first-order chi connectivity index (χ1) is 11.5. The van der Waals surface area contributed by atoms with Crippen LogP contribution in [0.3, 0.4) is 0 Å². The van der Waals surface area contributed by atoms with Gasteiger partial charge in [-0.1, -0.05) is 41.9 Å². The Bertz CT molecular complexity index is 731. The van der Waals surface area contributed by atoms with E-state index >= 15 is 0 Å². The lowest BCUT2D eigenvalue weighted by Gasteiger charge is -2.16. The number of likely N-dealkylation sites (tertiary alicyclic amines) is 1. The lowest BCUT2D eigenvalue weighted by molar-refractivity contribution is -0.141. The molecule has 3 rings (SSSR count). The van der Waals surface area contributed by atoms with Gasteiger partial charge in [-0.15, -0.1) is 11.3 Å². The van der Waals surface area contributed by atoms with Crippen molar-refractivity contribution in [3.8, 4) is 0 Å². The second kappa shape index (κ2) is 7.36. The number of aliphatic carboxylic acids is 1. The van der Waals surface area contributed by atoms with E-state index in [9.17, 15) is 14.7 Å². The van der Waals surface area contributed by atoms with Crippen molar-refractivity contribution in [2.75, 3.05) is 13.1 Å². The van der Waals surface area contributed by atoms with Crippen LogP contribution in [0.4, 0.5) is 0 Å². The topological polar surface area (TPSA) is 57.6 Å². The normalized spacial score (nSPS) is 20.3. The maximum atomic E-state index is 12.5. The Balaban J connectivity index is 1.66. The van der Waals surface area contributed by atoms with E-state index in [0.717, 1.165) is 10.4 Å². The zero-order chi connectivity index (χ0) is 17.1. The molecule has 1 fully saturated rings. The molecule has 0 aliphatic carbocycles. The standard InChI is InChI=1S/C18H18ClNO3S/c19-13-8-14(24-11-13)6-7-17(21)20-9-15(16(10-20)18(22)23)12-4-2-1-3-5-12/h1-5,8,11,15-16H,6-7,9-10H2,(H,22,23). The molecule has 2 heterocycles. The summed E-state index contributed by atoms with van der Waals surface area (Å²) in [5.41, 5.74) is 0.977. The van der Waals surface area contributed by atoms with Gasteiger partial charge in [0.2, 0.25) is 5.91 Å². The second-order valence-electron chi connectivity index (χ2n) is 5.99. The molecule has 6 heteroatoms. The summed E-state index contributed by atoms with van der Waals surface area (Å²) < 4.78 is 0. The molecule has 1 aromatic carbocycles. The summed E-state index contributed by atoms with van der Waals surface area (Å²) in [6.45, 7) is 0.740. The van der Waals surface area contributed by atoms with Crippen LogP contribution in [0.2, 0.25) is 5.02 Å². The highest BCUT2D eigenvalue weighted by molar-refractivity contribution is 7.10. The van der Waals surface area contributed by atoms with Crippen molar-refractivity contribution in [3.63, 3.8) is 0 Å². The minimum Gasteiger partial charge on any atom is -0.481 e. The first kappa shape index (κ1) is 17.0. The smallest absolute Gasteiger partial charge is 0.308 e. The van der Waals surface area contributed by atoms with Gasteiger partial charge < -0.3 is 10.0 Å². The highest BCUT2D eigenvalue weighted by atomic mass is 35.5. The van der Waals surface area contributed by atoms with E-state index in [1.54, 1.807) is 16.2 Å². The van der Waals surface area contributed by atoms with Crippen molar-refractivity contribution >= 4 is 34.8 Å². The van der Waals surface area contributed by atoms with Gasteiger partial charge in [0.15, 0.2) is 0 Å². The molecule has 126 valence electrons. The number of halogens is 1. The molecular weight excluding hydrogens is 346 g/mol. The number of nitrogens with zero attached hydrogens (tertiary/aromatic N) is 1. The van der Waals surface area contributed by atoms with Crippen LogP contribution in [-0.2, 0) is 16.0 Å². The van der Waals surface area contributed by atoms with Crippen molar-refractivity contribution in [1.29, 1.82) is 0 Å². The van der Waals surface area contributed by atoms with Crippen LogP contribution >= 0.6 is 22.9 Å². The van der Waals surface area contributed by atoms with Crippen molar-refractivity contribution in [3.05, 3.63) is 57.2 Å². The molecule has 1 aliphatic rings. The molecule has 24 heavy (non-hydrogen) atoms. The summed E-state index contributed by atoms with van der Waals surface area (Å²) in [6.07, 6.45) is 1.02. The molecular formula is C18H18ClNO3S. The number of carbonyl (C=O) groups is 2. The van der Waals surface area contributed by atoms with Gasteiger partial charge in [-0.3, -0.25) is 9.59 Å². The monoisotopic (exact) mass is 363 g/mol. The van der Waals surface area contributed by atoms with Gasteiger partial charge in [-0.25, -0.2) is 0 Å². The van der Waals surface area contributed by atoms with Crippen LogP contribution in [-0.4, -0.2) is 35.0 Å². The van der Waals surface area contributed by atoms with E-state index in [4.69, 9.17) is 11.6 Å². The Kier molecular flexibility index (Phi) is 5.21. The van der Waals surface area contributed by atoms with Gasteiger partial charge in [0.25, 0.3) is 0 Å². The molecule has 1 saturated heterocycles. The van der Waals surface area contributed by atoms with Crippen molar-refractivity contribution in [1.82, 2.24) is 4.90 Å². The molecule has 2 unspecified atom stereocenters. The van der Waals surface area contributed by atoms with Gasteiger partial charge >= 0.3 is 5.97 Å². The number of carboxylic acids is 1. The summed E-state index contributed by atoms with van der Waals surface area (Å²) in [5.74, 6) is -1.54. The van der Waals surface area contributed by atoms with Crippen LogP contribution in [0.5, 0.6) is 0 Å². The van der Waals surface area contributed by atoms with E-state index in [-0.39, 0.29) is 18.4 Å². The fourth-order valence-corrected chi connectivity index (χ4v) is 4.25. The molecule has 0 saturated carbocycles. The predicted octanol–water partition coefficient (Wildman–Crippen LogP) is 3.66. The maximum Gasteiger partial charge on any atom is 0.308 e. The minimum atomic E-state index is -0.843. The van der Waals surface area contributed by atoms with E-state index in [0.29, 0.717) is 24.4 Å². The zero-order valence-electron chi connectivity index (χ0n) is 13.0. The van der Waals surface area contributed by atoms with Crippen molar-refractivity contribution in [2.45, 2.75) is 18.8 Å². The molecule has 0 bridgehead atoms. The summed E-state index contributed by atoms with van der Waals surface area (Å²) in [6, 6.07) is 11.4. The molecule has 1 aliphatic heterocycles. The third-order valence-electron chi connectivity index (χ3n) is 4.42. The van der Waals surface area contributed by atoms with Crippen LogP contribution in [0.1, 0.15) is 22.8 Å². The first-order valence-electron chi connectivity index (χ1n) is 7.83. The molecule has 1 N–H and O–H groups in total. The number of rotatable bonds is 5. The van der Waals surface area contributed by atoms with Crippen LogP contribution < -0.4 is 0 Å². The molecule has 2 aromatic rings.